The van der Waals surface area contributed by atoms with E-state index in [0.717, 1.165) is 22.3 Å². The minimum Gasteiger partial charge on any atom is -0.351 e. The van der Waals surface area contributed by atoms with Gasteiger partial charge in [-0.1, -0.05) is 121 Å². The summed E-state index contributed by atoms with van der Waals surface area (Å²) in [5.74, 6) is 0. The average molecular weight is 533 g/mol. The lowest BCUT2D eigenvalue weighted by Crippen LogP contribution is -2.65. The quantitative estimate of drug-likeness (QED) is 0.282. The molecule has 2 unspecified atom stereocenters. The predicted octanol–water partition coefficient (Wildman–Crippen LogP) is 5.75. The summed E-state index contributed by atoms with van der Waals surface area (Å²) < 4.78 is 12.4. The van der Waals surface area contributed by atoms with E-state index in [-0.39, 0.29) is 0 Å². The number of hydrogen-bond donors (Lipinski definition) is 2. The molecule has 2 atom stereocenters. The highest BCUT2D eigenvalue weighted by molar-refractivity contribution is 7.25. The minimum absolute atomic E-state index is 0.521. The van der Waals surface area contributed by atoms with Crippen LogP contribution in [0.3, 0.4) is 0 Å². The summed E-state index contributed by atoms with van der Waals surface area (Å²) in [5, 5.41) is 3.83. The molecule has 4 aromatic rings. The molecule has 0 radical (unpaired) electrons. The van der Waals surface area contributed by atoms with Crippen molar-refractivity contribution in [2.75, 3.05) is 13.1 Å². The predicted molar refractivity (Wildman–Crippen MR) is 149 cm³/mol. The van der Waals surface area contributed by atoms with Crippen LogP contribution in [0.25, 0.3) is 0 Å². The Bertz CT molecular complexity index is 1070. The monoisotopic (exact) mass is 532 g/mol. The van der Waals surface area contributed by atoms with Crippen molar-refractivity contribution in [3.63, 3.8) is 0 Å². The topological polar surface area (TPSA) is 65.4 Å². The fourth-order valence-electron chi connectivity index (χ4n) is 5.84. The Morgan fingerprint density at radius 1 is 0.486 bits per heavy atom. The van der Waals surface area contributed by atoms with Gasteiger partial charge in [0.25, 0.3) is 0 Å². The van der Waals surface area contributed by atoms with Gasteiger partial charge >= 0.3 is 0 Å². The molecule has 6 nitrogen and oxygen atoms in total. The maximum atomic E-state index is 10.2. The van der Waals surface area contributed by atoms with Crippen LogP contribution in [-0.2, 0) is 20.3 Å². The second-order valence-corrected chi connectivity index (χ2v) is 9.54. The third-order valence-electron chi connectivity index (χ3n) is 7.06. The molecule has 0 aliphatic carbocycles. The van der Waals surface area contributed by atoms with Gasteiger partial charge in [0, 0.05) is 13.1 Å². The maximum Gasteiger partial charge on any atom is 0.175 e. The molecule has 1 aliphatic heterocycles. The fraction of sp³-hybridized carbons (Fsp3) is 0.172. The number of nitrogens with zero attached hydrogens (tertiary/aromatic N) is 2. The van der Waals surface area contributed by atoms with Gasteiger partial charge < -0.3 is 9.79 Å². The van der Waals surface area contributed by atoms with E-state index < -0.39 is 29.1 Å². The lowest BCUT2D eigenvalue weighted by atomic mass is 9.61. The molecule has 1 saturated heterocycles. The van der Waals surface area contributed by atoms with Crippen LogP contribution in [0.1, 0.15) is 28.7 Å². The van der Waals surface area contributed by atoms with Crippen molar-refractivity contribution in [2.24, 2.45) is 0 Å². The highest BCUT2D eigenvalue weighted by atomic mass is 31.1. The van der Waals surface area contributed by atoms with Crippen LogP contribution in [0.4, 0.5) is 0 Å². The lowest BCUT2D eigenvalue weighted by molar-refractivity contribution is -0.215. The van der Waals surface area contributed by atoms with Crippen LogP contribution in [0.5, 0.6) is 0 Å². The first-order chi connectivity index (χ1) is 18.3. The van der Waals surface area contributed by atoms with Crippen molar-refractivity contribution in [1.29, 1.82) is 0 Å². The van der Waals surface area contributed by atoms with E-state index in [1.165, 1.54) is 0 Å². The van der Waals surface area contributed by atoms with Crippen LogP contribution >= 0.6 is 18.1 Å². The molecule has 0 saturated carbocycles. The largest absolute Gasteiger partial charge is 0.351 e. The molecule has 1 fully saturated rings. The van der Waals surface area contributed by atoms with Gasteiger partial charge in [-0.3, -0.25) is 0 Å². The van der Waals surface area contributed by atoms with Crippen LogP contribution in [0.15, 0.2) is 121 Å². The number of hydrogen-bond acceptors (Lipinski definition) is 6. The smallest absolute Gasteiger partial charge is 0.175 e. The standard InChI is InChI=1S/C29H30N2O4P2/c32-36-34-30-22-13-23-31(35-37-33)29(26-18-9-3-10-19-26,27-20-11-4-12-21-27)28(30,24-14-5-1-6-15-24)25-16-7-2-8-17-25/h1-12,14-21,32-33,36-37H,13,22-23H2. The zero-order valence-corrected chi connectivity index (χ0v) is 22.3. The van der Waals surface area contributed by atoms with Gasteiger partial charge in [0.05, 0.1) is 0 Å². The summed E-state index contributed by atoms with van der Waals surface area (Å²) >= 11 is 0. The van der Waals surface area contributed by atoms with E-state index in [9.17, 15) is 9.79 Å². The minimum atomic E-state index is -1.04. The van der Waals surface area contributed by atoms with Crippen molar-refractivity contribution in [1.82, 2.24) is 10.1 Å². The third kappa shape index (κ3) is 4.44. The Morgan fingerprint density at radius 3 is 1.00 bits per heavy atom. The first-order valence-electron chi connectivity index (χ1n) is 12.2. The maximum absolute atomic E-state index is 10.2. The zero-order chi connectivity index (χ0) is 25.6. The number of benzene rings is 4. The van der Waals surface area contributed by atoms with Gasteiger partial charge in [-0.2, -0.15) is 10.1 Å². The summed E-state index contributed by atoms with van der Waals surface area (Å²) in [7, 11) is -1.51. The second kappa shape index (κ2) is 11.9. The molecule has 0 spiro atoms. The molecule has 1 heterocycles. The number of hydroxylamine groups is 4. The summed E-state index contributed by atoms with van der Waals surface area (Å²) in [6.07, 6.45) is 0.678. The van der Waals surface area contributed by atoms with Crippen LogP contribution in [-0.4, -0.2) is 33.0 Å². The molecule has 8 heteroatoms. The van der Waals surface area contributed by atoms with E-state index in [1.54, 1.807) is 0 Å². The molecule has 0 bridgehead atoms. The van der Waals surface area contributed by atoms with Crippen molar-refractivity contribution < 1.29 is 19.0 Å². The molecule has 37 heavy (non-hydrogen) atoms. The van der Waals surface area contributed by atoms with E-state index >= 15 is 0 Å². The molecule has 0 aromatic heterocycles. The first kappa shape index (κ1) is 26.1. The molecular weight excluding hydrogens is 502 g/mol. The fourth-order valence-corrected chi connectivity index (χ4v) is 6.50. The molecule has 0 amide bonds. The highest BCUT2D eigenvalue weighted by Crippen LogP contribution is 2.59. The summed E-state index contributed by atoms with van der Waals surface area (Å²) in [5.41, 5.74) is 1.77. The Kier molecular flexibility index (Phi) is 8.41. The normalized spacial score (nSPS) is 18.4. The van der Waals surface area contributed by atoms with Gasteiger partial charge in [-0.05, 0) is 28.7 Å². The van der Waals surface area contributed by atoms with E-state index in [2.05, 4.69) is 48.5 Å². The van der Waals surface area contributed by atoms with Gasteiger partial charge in [0.1, 0.15) is 11.1 Å². The summed E-state index contributed by atoms with van der Waals surface area (Å²) in [4.78, 5) is 20.4. The zero-order valence-electron chi connectivity index (χ0n) is 20.3. The van der Waals surface area contributed by atoms with Gasteiger partial charge in [0.15, 0.2) is 18.1 Å². The Morgan fingerprint density at radius 2 is 0.757 bits per heavy atom. The number of rotatable bonds is 8. The molecule has 190 valence electrons. The van der Waals surface area contributed by atoms with Crippen LogP contribution < -0.4 is 0 Å². The van der Waals surface area contributed by atoms with Crippen LogP contribution in [0.2, 0.25) is 0 Å². The molecule has 1 aliphatic rings. The molecular formula is C29H30N2O4P2. The summed E-state index contributed by atoms with van der Waals surface area (Å²) in [6, 6.07) is 40.9. The second-order valence-electron chi connectivity index (χ2n) is 8.81. The van der Waals surface area contributed by atoms with E-state index in [0.29, 0.717) is 19.5 Å². The van der Waals surface area contributed by atoms with Crippen molar-refractivity contribution in [2.45, 2.75) is 17.5 Å². The van der Waals surface area contributed by atoms with Gasteiger partial charge in [-0.15, -0.1) is 0 Å². The van der Waals surface area contributed by atoms with Crippen molar-refractivity contribution in [3.8, 4) is 0 Å². The third-order valence-corrected chi connectivity index (χ3v) is 7.67. The first-order valence-corrected chi connectivity index (χ1v) is 13.9. The van der Waals surface area contributed by atoms with E-state index in [4.69, 9.17) is 9.25 Å². The Hall–Kier alpha value is -2.50. The average Bonchev–Trinajstić information content (AvgIpc) is 3.11. The van der Waals surface area contributed by atoms with Crippen LogP contribution in [0, 0.1) is 0 Å². The lowest BCUT2D eigenvalue weighted by Gasteiger charge is -2.57. The summed E-state index contributed by atoms with van der Waals surface area (Å²) in [6.45, 7) is 1.04. The van der Waals surface area contributed by atoms with Gasteiger partial charge in [-0.25, -0.2) is 9.25 Å². The highest BCUT2D eigenvalue weighted by Gasteiger charge is 2.64. The molecule has 4 aromatic carbocycles. The Labute approximate surface area is 221 Å². The Balaban J connectivity index is 2.04. The van der Waals surface area contributed by atoms with Gasteiger partial charge in [0.2, 0.25) is 0 Å². The molecule has 5 rings (SSSR count). The molecule has 2 N–H and O–H groups in total. The van der Waals surface area contributed by atoms with Crippen molar-refractivity contribution >= 4 is 18.1 Å². The van der Waals surface area contributed by atoms with Crippen molar-refractivity contribution in [3.05, 3.63) is 144 Å². The SMILES string of the molecule is OPON1CCCN(OPO)C(c2ccccc2)(c2ccccc2)C1(c1ccccc1)c1ccccc1. The van der Waals surface area contributed by atoms with E-state index in [1.807, 2.05) is 82.9 Å².